The van der Waals surface area contributed by atoms with Crippen molar-refractivity contribution in [2.24, 2.45) is 5.92 Å². The smallest absolute Gasteiger partial charge is 0.336 e. The average molecular weight is 412 g/mol. The molecule has 0 amide bonds. The van der Waals surface area contributed by atoms with Crippen LogP contribution in [0.5, 0.6) is 0 Å². The molecule has 8 nitrogen and oxygen atoms in total. The average Bonchev–Trinajstić information content (AvgIpc) is 3.37. The second-order valence-corrected chi connectivity index (χ2v) is 8.44. The summed E-state index contributed by atoms with van der Waals surface area (Å²) in [5, 5.41) is 4.17. The molecule has 0 radical (unpaired) electrons. The van der Waals surface area contributed by atoms with Crippen molar-refractivity contribution in [2.75, 3.05) is 32.8 Å². The van der Waals surface area contributed by atoms with Gasteiger partial charge in [-0.25, -0.2) is 9.36 Å². The number of hydrogen-bond acceptors (Lipinski definition) is 6. The molecule has 1 atom stereocenters. The number of likely N-dealkylation sites (tertiary alicyclic amines) is 1. The van der Waals surface area contributed by atoms with E-state index in [0.29, 0.717) is 24.3 Å². The monoisotopic (exact) mass is 411 g/mol. The van der Waals surface area contributed by atoms with Crippen molar-refractivity contribution in [1.29, 1.82) is 0 Å². The topological polar surface area (TPSA) is 78.3 Å². The summed E-state index contributed by atoms with van der Waals surface area (Å²) < 4.78 is 14.5. The third-order valence-corrected chi connectivity index (χ3v) is 6.49. The van der Waals surface area contributed by atoms with Gasteiger partial charge in [0.2, 0.25) is 5.89 Å². The van der Waals surface area contributed by atoms with Gasteiger partial charge in [0.1, 0.15) is 0 Å². The van der Waals surface area contributed by atoms with Gasteiger partial charge in [0.15, 0.2) is 0 Å². The van der Waals surface area contributed by atoms with Gasteiger partial charge < -0.3 is 14.2 Å². The van der Waals surface area contributed by atoms with Gasteiger partial charge in [0.25, 0.3) is 5.95 Å². The number of piperidine rings is 1. The highest BCUT2D eigenvalue weighted by Gasteiger charge is 2.28. The number of hydrogen-bond donors (Lipinski definition) is 0. The molecular formula is C22H29N5O3. The van der Waals surface area contributed by atoms with Crippen LogP contribution in [0.15, 0.2) is 33.6 Å². The second-order valence-electron chi connectivity index (χ2n) is 8.44. The lowest BCUT2D eigenvalue weighted by Gasteiger charge is -2.34. The zero-order valence-corrected chi connectivity index (χ0v) is 17.5. The number of nitrogens with zero attached hydrogens (tertiary/aromatic N) is 5. The molecule has 2 saturated heterocycles. The molecular weight excluding hydrogens is 382 g/mol. The largest absolute Gasteiger partial charge is 0.381 e. The van der Waals surface area contributed by atoms with Crippen molar-refractivity contribution in [3.05, 3.63) is 40.6 Å². The molecule has 0 bridgehead atoms. The molecule has 2 aliphatic heterocycles. The highest BCUT2D eigenvalue weighted by atomic mass is 16.5. The minimum absolute atomic E-state index is 0.129. The lowest BCUT2D eigenvalue weighted by Crippen LogP contribution is -2.38. The van der Waals surface area contributed by atoms with Gasteiger partial charge in [-0.2, -0.15) is 4.98 Å². The molecule has 30 heavy (non-hydrogen) atoms. The Hall–Kier alpha value is -2.45. The predicted molar refractivity (Wildman–Crippen MR) is 113 cm³/mol. The Labute approximate surface area is 175 Å². The molecule has 3 aromatic rings. The third-order valence-electron chi connectivity index (χ3n) is 6.49. The number of rotatable bonds is 5. The first-order valence-corrected chi connectivity index (χ1v) is 11.1. The van der Waals surface area contributed by atoms with Crippen molar-refractivity contribution < 1.29 is 9.26 Å². The van der Waals surface area contributed by atoms with E-state index in [2.05, 4.69) is 15.0 Å². The Bertz CT molecular complexity index is 1050. The van der Waals surface area contributed by atoms with E-state index in [1.165, 1.54) is 12.8 Å². The number of benzene rings is 1. The Morgan fingerprint density at radius 1 is 1.13 bits per heavy atom. The highest BCUT2D eigenvalue weighted by molar-refractivity contribution is 5.77. The zero-order valence-electron chi connectivity index (χ0n) is 17.5. The van der Waals surface area contributed by atoms with Gasteiger partial charge in [-0.3, -0.25) is 4.57 Å². The van der Waals surface area contributed by atoms with Crippen LogP contribution in [0.25, 0.3) is 17.0 Å². The molecule has 0 saturated carbocycles. The zero-order chi connectivity index (χ0) is 20.5. The molecule has 0 spiro atoms. The van der Waals surface area contributed by atoms with Gasteiger partial charge in [0.05, 0.1) is 17.6 Å². The molecule has 2 fully saturated rings. The van der Waals surface area contributed by atoms with E-state index >= 15 is 0 Å². The Morgan fingerprint density at radius 3 is 2.67 bits per heavy atom. The number of ether oxygens (including phenoxy) is 1. The van der Waals surface area contributed by atoms with Crippen LogP contribution in [-0.4, -0.2) is 57.0 Å². The lowest BCUT2D eigenvalue weighted by atomic mass is 9.94. The molecule has 0 aliphatic carbocycles. The summed E-state index contributed by atoms with van der Waals surface area (Å²) in [7, 11) is 0. The lowest BCUT2D eigenvalue weighted by molar-refractivity contribution is 0.0340. The van der Waals surface area contributed by atoms with E-state index in [-0.39, 0.29) is 11.6 Å². The van der Waals surface area contributed by atoms with E-state index in [4.69, 9.17) is 9.26 Å². The van der Waals surface area contributed by atoms with Gasteiger partial charge in [0, 0.05) is 25.6 Å². The van der Waals surface area contributed by atoms with E-state index in [1.54, 1.807) is 9.13 Å². The van der Waals surface area contributed by atoms with Crippen LogP contribution >= 0.6 is 0 Å². The van der Waals surface area contributed by atoms with Crippen LogP contribution in [0.1, 0.15) is 44.4 Å². The van der Waals surface area contributed by atoms with Crippen molar-refractivity contribution in [1.82, 2.24) is 24.2 Å². The Morgan fingerprint density at radius 2 is 1.93 bits per heavy atom. The summed E-state index contributed by atoms with van der Waals surface area (Å²) in [6.45, 7) is 7.56. The van der Waals surface area contributed by atoms with Crippen LogP contribution in [0.4, 0.5) is 0 Å². The first-order chi connectivity index (χ1) is 14.7. The molecule has 160 valence electrons. The van der Waals surface area contributed by atoms with Crippen LogP contribution in [0.2, 0.25) is 0 Å². The summed E-state index contributed by atoms with van der Waals surface area (Å²) in [4.78, 5) is 20.1. The minimum atomic E-state index is -0.129. The van der Waals surface area contributed by atoms with Crippen molar-refractivity contribution in [3.8, 4) is 5.95 Å². The molecule has 5 rings (SSSR count). The minimum Gasteiger partial charge on any atom is -0.381 e. The van der Waals surface area contributed by atoms with Gasteiger partial charge >= 0.3 is 5.69 Å². The first kappa shape index (κ1) is 19.5. The maximum atomic E-state index is 12.9. The van der Waals surface area contributed by atoms with Gasteiger partial charge in [-0.1, -0.05) is 12.1 Å². The van der Waals surface area contributed by atoms with E-state index < -0.39 is 0 Å². The summed E-state index contributed by atoms with van der Waals surface area (Å²) in [6.07, 6.45) is 4.45. The van der Waals surface area contributed by atoms with Crippen molar-refractivity contribution >= 4 is 11.0 Å². The van der Waals surface area contributed by atoms with Gasteiger partial charge in [-0.15, -0.1) is 0 Å². The molecule has 8 heteroatoms. The quantitative estimate of drug-likeness (QED) is 0.642. The number of aryl methyl sites for hydroxylation is 1. The predicted octanol–water partition coefficient (Wildman–Crippen LogP) is 2.80. The fourth-order valence-electron chi connectivity index (χ4n) is 4.87. The van der Waals surface area contributed by atoms with E-state index in [0.717, 1.165) is 56.7 Å². The normalized spacial score (nSPS) is 21.4. The standard InChI is InChI=1S/C22H29N5O3/c1-2-26-18-7-3-4-8-19(18)27(22(26)28)21-23-20(30-24-21)17-9-11-25(12-10-17)14-16-6-5-13-29-15-16/h3-4,7-8,16-17H,2,5-6,9-15H2,1H3. The maximum absolute atomic E-state index is 12.9. The fraction of sp³-hybridized carbons (Fsp3) is 0.591. The van der Waals surface area contributed by atoms with E-state index in [1.807, 2.05) is 31.2 Å². The Kier molecular flexibility index (Phi) is 5.43. The molecule has 2 aromatic heterocycles. The van der Waals surface area contributed by atoms with Crippen LogP contribution in [-0.2, 0) is 11.3 Å². The van der Waals surface area contributed by atoms with Crippen LogP contribution in [0.3, 0.4) is 0 Å². The van der Waals surface area contributed by atoms with E-state index in [9.17, 15) is 4.79 Å². The summed E-state index contributed by atoms with van der Waals surface area (Å²) in [6, 6.07) is 7.73. The van der Waals surface area contributed by atoms with Crippen molar-refractivity contribution in [3.63, 3.8) is 0 Å². The number of imidazole rings is 1. The molecule has 1 unspecified atom stereocenters. The highest BCUT2D eigenvalue weighted by Crippen LogP contribution is 2.28. The van der Waals surface area contributed by atoms with Gasteiger partial charge in [-0.05, 0) is 68.9 Å². The fourth-order valence-corrected chi connectivity index (χ4v) is 4.87. The Balaban J connectivity index is 1.31. The maximum Gasteiger partial charge on any atom is 0.336 e. The molecule has 2 aliphatic rings. The molecule has 1 aromatic carbocycles. The van der Waals surface area contributed by atoms with Crippen LogP contribution in [0, 0.1) is 5.92 Å². The second kappa shape index (κ2) is 8.35. The molecule has 4 heterocycles. The SMILES string of the molecule is CCn1c(=O)n(-c2noc(C3CCN(CC4CCCOC4)CC3)n2)c2ccccc21. The van der Waals surface area contributed by atoms with Crippen LogP contribution < -0.4 is 5.69 Å². The summed E-state index contributed by atoms with van der Waals surface area (Å²) in [5.74, 6) is 1.89. The number of fused-ring (bicyclic) bond motifs is 1. The summed E-state index contributed by atoms with van der Waals surface area (Å²) in [5.41, 5.74) is 1.56. The summed E-state index contributed by atoms with van der Waals surface area (Å²) >= 11 is 0. The number of para-hydroxylation sites is 2. The van der Waals surface area contributed by atoms with Crippen molar-refractivity contribution in [2.45, 2.75) is 45.1 Å². The first-order valence-electron chi connectivity index (χ1n) is 11.1. The number of aromatic nitrogens is 4. The third kappa shape index (κ3) is 3.58. The molecule has 0 N–H and O–H groups in total.